The summed E-state index contributed by atoms with van der Waals surface area (Å²) in [5.41, 5.74) is -0.300. The van der Waals surface area contributed by atoms with E-state index in [4.69, 9.17) is 0 Å². The minimum absolute atomic E-state index is 0.133. The van der Waals surface area contributed by atoms with Gasteiger partial charge in [0.1, 0.15) is 0 Å². The van der Waals surface area contributed by atoms with Crippen LogP contribution in [0.2, 0.25) is 0 Å². The highest BCUT2D eigenvalue weighted by Gasteiger charge is 2.23. The molecule has 0 radical (unpaired) electrons. The van der Waals surface area contributed by atoms with Crippen molar-refractivity contribution in [3.63, 3.8) is 0 Å². The molecule has 0 bridgehead atoms. The van der Waals surface area contributed by atoms with E-state index in [1.54, 1.807) is 31.2 Å². The molecule has 0 heterocycles. The van der Waals surface area contributed by atoms with Crippen molar-refractivity contribution in [3.8, 4) is 0 Å². The van der Waals surface area contributed by atoms with Gasteiger partial charge in [0.05, 0.1) is 21.9 Å². The lowest BCUT2D eigenvalue weighted by molar-refractivity contribution is 0.0515. The Kier molecular flexibility index (Phi) is 6.23. The highest BCUT2D eigenvalue weighted by Crippen LogP contribution is 2.24. The Morgan fingerprint density at radius 1 is 1.29 bits per heavy atom. The molecule has 21 heavy (non-hydrogen) atoms. The van der Waals surface area contributed by atoms with Crippen LogP contribution in [0.3, 0.4) is 0 Å². The van der Waals surface area contributed by atoms with Gasteiger partial charge in [-0.3, -0.25) is 0 Å². The molecule has 0 aliphatic rings. The Bertz CT molecular complexity index is 550. The summed E-state index contributed by atoms with van der Waals surface area (Å²) < 4.78 is 24.5. The minimum Gasteiger partial charge on any atom is -0.388 e. The summed E-state index contributed by atoms with van der Waals surface area (Å²) in [6.45, 7) is 8.04. The Balaban J connectivity index is 2.91. The molecule has 0 aromatic heterocycles. The Morgan fingerprint density at radius 3 is 2.48 bits per heavy atom. The van der Waals surface area contributed by atoms with E-state index in [9.17, 15) is 13.5 Å². The van der Waals surface area contributed by atoms with Crippen molar-refractivity contribution >= 4 is 15.5 Å². The number of rotatable bonds is 8. The second-order valence-corrected chi connectivity index (χ2v) is 8.34. The van der Waals surface area contributed by atoms with Gasteiger partial charge in [-0.2, -0.15) is 0 Å². The van der Waals surface area contributed by atoms with E-state index >= 15 is 0 Å². The first-order chi connectivity index (χ1) is 9.68. The van der Waals surface area contributed by atoms with Crippen LogP contribution in [0, 0.1) is 5.92 Å². The molecule has 5 heteroatoms. The summed E-state index contributed by atoms with van der Waals surface area (Å²) in [7, 11) is -3.28. The predicted molar refractivity (Wildman–Crippen MR) is 87.4 cm³/mol. The third kappa shape index (κ3) is 5.67. The smallest absolute Gasteiger partial charge is 0.180 e. The van der Waals surface area contributed by atoms with Crippen molar-refractivity contribution in [2.24, 2.45) is 5.92 Å². The van der Waals surface area contributed by atoms with Gasteiger partial charge in [0.15, 0.2) is 9.84 Å². The van der Waals surface area contributed by atoms with Crippen molar-refractivity contribution < 1.29 is 13.5 Å². The number of anilines is 1. The first-order valence-electron chi connectivity index (χ1n) is 7.46. The zero-order valence-corrected chi connectivity index (χ0v) is 14.2. The number of aliphatic hydroxyl groups is 1. The summed E-state index contributed by atoms with van der Waals surface area (Å²) in [5, 5.41) is 13.4. The number of benzene rings is 1. The maximum absolute atomic E-state index is 12.3. The average Bonchev–Trinajstić information content (AvgIpc) is 2.35. The van der Waals surface area contributed by atoms with Crippen LogP contribution in [0.15, 0.2) is 29.2 Å². The van der Waals surface area contributed by atoms with E-state index in [1.165, 1.54) is 0 Å². The van der Waals surface area contributed by atoms with Gasteiger partial charge in [-0.15, -0.1) is 0 Å². The van der Waals surface area contributed by atoms with Crippen molar-refractivity contribution in [3.05, 3.63) is 24.3 Å². The van der Waals surface area contributed by atoms with Crippen molar-refractivity contribution in [2.45, 2.75) is 51.0 Å². The van der Waals surface area contributed by atoms with Gasteiger partial charge in [-0.25, -0.2) is 8.42 Å². The quantitative estimate of drug-likeness (QED) is 0.774. The second kappa shape index (κ2) is 7.27. The van der Waals surface area contributed by atoms with Crippen molar-refractivity contribution in [1.82, 2.24) is 0 Å². The van der Waals surface area contributed by atoms with E-state index in [1.807, 2.05) is 20.8 Å². The molecule has 2 N–H and O–H groups in total. The molecule has 1 aromatic carbocycles. The molecule has 1 rings (SSSR count). The summed E-state index contributed by atoms with van der Waals surface area (Å²) in [6.07, 6.45) is 1.24. The zero-order valence-electron chi connectivity index (χ0n) is 13.4. The second-order valence-electron chi connectivity index (χ2n) is 6.26. The van der Waals surface area contributed by atoms with Crippen LogP contribution in [-0.4, -0.2) is 31.4 Å². The maximum atomic E-state index is 12.3. The standard InChI is InChI=1S/C16H27NO3S/c1-5-10-21(19,20)15-9-7-6-8-14(15)17-12-16(4,18)11-13(2)3/h6-9,13,17-18H,5,10-12H2,1-4H3. The number of para-hydroxylation sites is 1. The third-order valence-electron chi connectivity index (χ3n) is 3.20. The Labute approximate surface area is 128 Å². The normalized spacial score (nSPS) is 15.0. The van der Waals surface area contributed by atoms with Crippen molar-refractivity contribution in [2.75, 3.05) is 17.6 Å². The summed E-state index contributed by atoms with van der Waals surface area (Å²) in [5.74, 6) is 0.509. The van der Waals surface area contributed by atoms with Gasteiger partial charge in [-0.05, 0) is 37.8 Å². The zero-order chi connectivity index (χ0) is 16.1. The largest absolute Gasteiger partial charge is 0.388 e. The summed E-state index contributed by atoms with van der Waals surface area (Å²) in [4.78, 5) is 0.312. The molecule has 0 amide bonds. The van der Waals surface area contributed by atoms with Crippen LogP contribution in [-0.2, 0) is 9.84 Å². The summed E-state index contributed by atoms with van der Waals surface area (Å²) in [6, 6.07) is 6.88. The SMILES string of the molecule is CCCS(=O)(=O)c1ccccc1NCC(C)(O)CC(C)C. The fraction of sp³-hybridized carbons (Fsp3) is 0.625. The molecule has 1 unspecified atom stereocenters. The monoisotopic (exact) mass is 313 g/mol. The van der Waals surface area contributed by atoms with Gasteiger partial charge in [0.2, 0.25) is 0 Å². The van der Waals surface area contributed by atoms with Crippen LogP contribution < -0.4 is 5.32 Å². The molecule has 1 aromatic rings. The van der Waals surface area contributed by atoms with E-state index in [-0.39, 0.29) is 5.75 Å². The minimum atomic E-state index is -3.28. The van der Waals surface area contributed by atoms with Gasteiger partial charge in [0.25, 0.3) is 0 Å². The number of sulfone groups is 1. The van der Waals surface area contributed by atoms with E-state index in [0.29, 0.717) is 35.9 Å². The number of nitrogens with one attached hydrogen (secondary N) is 1. The number of hydrogen-bond acceptors (Lipinski definition) is 4. The Hall–Kier alpha value is -1.07. The van der Waals surface area contributed by atoms with Gasteiger partial charge >= 0.3 is 0 Å². The van der Waals surface area contributed by atoms with Crippen molar-refractivity contribution in [1.29, 1.82) is 0 Å². The third-order valence-corrected chi connectivity index (χ3v) is 5.17. The van der Waals surface area contributed by atoms with E-state index < -0.39 is 15.4 Å². The van der Waals surface area contributed by atoms with Gasteiger partial charge < -0.3 is 10.4 Å². The maximum Gasteiger partial charge on any atom is 0.180 e. The highest BCUT2D eigenvalue weighted by molar-refractivity contribution is 7.91. The molecular weight excluding hydrogens is 286 g/mol. The highest BCUT2D eigenvalue weighted by atomic mass is 32.2. The summed E-state index contributed by atoms with van der Waals surface area (Å²) >= 11 is 0. The Morgan fingerprint density at radius 2 is 1.90 bits per heavy atom. The van der Waals surface area contributed by atoms with Crippen LogP contribution in [0.25, 0.3) is 0 Å². The van der Waals surface area contributed by atoms with Gasteiger partial charge in [0, 0.05) is 6.54 Å². The van der Waals surface area contributed by atoms with Gasteiger partial charge in [-0.1, -0.05) is 32.9 Å². The fourth-order valence-electron chi connectivity index (χ4n) is 2.50. The molecule has 120 valence electrons. The molecule has 0 saturated heterocycles. The number of hydrogen-bond donors (Lipinski definition) is 2. The topological polar surface area (TPSA) is 66.4 Å². The average molecular weight is 313 g/mol. The van der Waals surface area contributed by atoms with Crippen LogP contribution >= 0.6 is 0 Å². The van der Waals surface area contributed by atoms with Crippen LogP contribution in [0.4, 0.5) is 5.69 Å². The lowest BCUT2D eigenvalue weighted by Gasteiger charge is -2.26. The van der Waals surface area contributed by atoms with Crippen LogP contribution in [0.1, 0.15) is 40.5 Å². The first-order valence-corrected chi connectivity index (χ1v) is 9.11. The van der Waals surface area contributed by atoms with Crippen LogP contribution in [0.5, 0.6) is 0 Å². The molecule has 4 nitrogen and oxygen atoms in total. The lowest BCUT2D eigenvalue weighted by atomic mass is 9.94. The molecule has 0 aliphatic heterocycles. The van der Waals surface area contributed by atoms with E-state index in [2.05, 4.69) is 5.32 Å². The van der Waals surface area contributed by atoms with E-state index in [0.717, 1.165) is 0 Å². The predicted octanol–water partition coefficient (Wildman–Crippen LogP) is 3.08. The first kappa shape index (κ1) is 18.0. The molecular formula is C16H27NO3S. The molecule has 0 fully saturated rings. The molecule has 0 aliphatic carbocycles. The molecule has 0 spiro atoms. The molecule has 1 atom stereocenters. The lowest BCUT2D eigenvalue weighted by Crippen LogP contribution is -2.35. The molecule has 0 saturated carbocycles. The fourth-order valence-corrected chi connectivity index (χ4v) is 4.02.